The molecule has 2 aromatic heterocycles. The van der Waals surface area contributed by atoms with E-state index in [9.17, 15) is 18.0 Å². The Morgan fingerprint density at radius 3 is 2.59 bits per heavy atom. The Morgan fingerprint density at radius 2 is 2.05 bits per heavy atom. The van der Waals surface area contributed by atoms with Crippen LogP contribution in [0, 0.1) is 13.8 Å². The van der Waals surface area contributed by atoms with Crippen LogP contribution in [0.4, 0.5) is 13.2 Å². The van der Waals surface area contributed by atoms with Crippen LogP contribution in [0.15, 0.2) is 12.3 Å². The van der Waals surface area contributed by atoms with Crippen LogP contribution in [-0.2, 0) is 22.4 Å². The second-order valence-electron chi connectivity index (χ2n) is 4.70. The van der Waals surface area contributed by atoms with Gasteiger partial charge < -0.3 is 4.74 Å². The molecule has 6 nitrogen and oxygen atoms in total. The summed E-state index contributed by atoms with van der Waals surface area (Å²) in [6.45, 7) is 4.20. The highest BCUT2D eigenvalue weighted by molar-refractivity contribution is 5.65. The lowest BCUT2D eigenvalue weighted by molar-refractivity contribution is -0.146. The van der Waals surface area contributed by atoms with Crippen LogP contribution in [-0.4, -0.2) is 25.7 Å². The SMILES string of the molecule is CC(=O)OCn1nc(C(F)(F)F)nc1-c1ncc(C)cc1C. The van der Waals surface area contributed by atoms with Gasteiger partial charge in [-0.3, -0.25) is 9.78 Å². The molecule has 2 rings (SSSR count). The van der Waals surface area contributed by atoms with Gasteiger partial charge in [-0.15, -0.1) is 5.10 Å². The summed E-state index contributed by atoms with van der Waals surface area (Å²) in [6, 6.07) is 1.76. The number of carbonyl (C=O) groups is 1. The summed E-state index contributed by atoms with van der Waals surface area (Å²) < 4.78 is 44.0. The zero-order chi connectivity index (χ0) is 16.5. The number of rotatable bonds is 3. The first-order valence-electron chi connectivity index (χ1n) is 6.27. The third-order valence-electron chi connectivity index (χ3n) is 2.74. The summed E-state index contributed by atoms with van der Waals surface area (Å²) in [4.78, 5) is 18.5. The topological polar surface area (TPSA) is 69.9 Å². The molecule has 0 aliphatic carbocycles. The largest absolute Gasteiger partial charge is 0.453 e. The molecule has 9 heteroatoms. The second kappa shape index (κ2) is 5.74. The van der Waals surface area contributed by atoms with Crippen LogP contribution in [0.1, 0.15) is 23.9 Å². The number of aromatic nitrogens is 4. The molecule has 118 valence electrons. The lowest BCUT2D eigenvalue weighted by Crippen LogP contribution is -2.12. The van der Waals surface area contributed by atoms with Gasteiger partial charge in [0.05, 0.1) is 0 Å². The van der Waals surface area contributed by atoms with Crippen molar-refractivity contribution in [3.63, 3.8) is 0 Å². The molecule has 0 bridgehead atoms. The van der Waals surface area contributed by atoms with Crippen molar-refractivity contribution in [3.05, 3.63) is 29.2 Å². The normalized spacial score (nSPS) is 11.5. The summed E-state index contributed by atoms with van der Waals surface area (Å²) >= 11 is 0. The van der Waals surface area contributed by atoms with Crippen molar-refractivity contribution < 1.29 is 22.7 Å². The van der Waals surface area contributed by atoms with Gasteiger partial charge in [0, 0.05) is 13.1 Å². The number of ether oxygens (including phenoxy) is 1. The fourth-order valence-electron chi connectivity index (χ4n) is 1.83. The lowest BCUT2D eigenvalue weighted by atomic mass is 10.1. The monoisotopic (exact) mass is 314 g/mol. The number of halogens is 3. The molecule has 0 saturated heterocycles. The molecule has 0 aromatic carbocycles. The second-order valence-corrected chi connectivity index (χ2v) is 4.70. The van der Waals surface area contributed by atoms with Crippen molar-refractivity contribution in [1.29, 1.82) is 0 Å². The molecule has 0 aliphatic heterocycles. The molecule has 0 fully saturated rings. The molecule has 0 saturated carbocycles. The van der Waals surface area contributed by atoms with E-state index in [2.05, 4.69) is 15.1 Å². The van der Waals surface area contributed by atoms with E-state index < -0.39 is 24.7 Å². The van der Waals surface area contributed by atoms with E-state index in [4.69, 9.17) is 4.74 Å². The van der Waals surface area contributed by atoms with E-state index in [0.717, 1.165) is 17.2 Å². The van der Waals surface area contributed by atoms with Crippen molar-refractivity contribution in [3.8, 4) is 11.5 Å². The smallest absolute Gasteiger partial charge is 0.442 e. The van der Waals surface area contributed by atoms with Crippen molar-refractivity contribution in [1.82, 2.24) is 19.7 Å². The average molecular weight is 314 g/mol. The number of alkyl halides is 3. The van der Waals surface area contributed by atoms with Gasteiger partial charge in [0.1, 0.15) is 5.69 Å². The highest BCUT2D eigenvalue weighted by Gasteiger charge is 2.37. The van der Waals surface area contributed by atoms with Crippen LogP contribution < -0.4 is 0 Å². The molecule has 0 unspecified atom stereocenters. The molecule has 0 amide bonds. The number of esters is 1. The number of hydrogen-bond acceptors (Lipinski definition) is 5. The quantitative estimate of drug-likeness (QED) is 0.814. The van der Waals surface area contributed by atoms with E-state index in [1.165, 1.54) is 6.20 Å². The van der Waals surface area contributed by atoms with E-state index in [1.807, 2.05) is 6.92 Å². The summed E-state index contributed by atoms with van der Waals surface area (Å²) in [5, 5.41) is 3.36. The predicted molar refractivity (Wildman–Crippen MR) is 69.5 cm³/mol. The van der Waals surface area contributed by atoms with Crippen molar-refractivity contribution in [2.45, 2.75) is 33.7 Å². The highest BCUT2D eigenvalue weighted by Crippen LogP contribution is 2.29. The fraction of sp³-hybridized carbons (Fsp3) is 0.385. The number of pyridine rings is 1. The molecule has 2 heterocycles. The Hall–Kier alpha value is -2.45. The summed E-state index contributed by atoms with van der Waals surface area (Å²) in [5.74, 6) is -2.05. The predicted octanol–water partition coefficient (Wildman–Crippen LogP) is 2.50. The van der Waals surface area contributed by atoms with Crippen molar-refractivity contribution in [2.75, 3.05) is 0 Å². The Kier molecular flexibility index (Phi) is 4.16. The molecule has 2 aromatic rings. The summed E-state index contributed by atoms with van der Waals surface area (Å²) in [7, 11) is 0. The van der Waals surface area contributed by atoms with Gasteiger partial charge >= 0.3 is 12.1 Å². The highest BCUT2D eigenvalue weighted by atomic mass is 19.4. The Morgan fingerprint density at radius 1 is 1.36 bits per heavy atom. The maximum atomic E-state index is 12.8. The fourth-order valence-corrected chi connectivity index (χ4v) is 1.83. The molecular weight excluding hydrogens is 301 g/mol. The van der Waals surface area contributed by atoms with Gasteiger partial charge in [-0.25, -0.2) is 9.67 Å². The number of hydrogen-bond donors (Lipinski definition) is 0. The Bertz CT molecular complexity index is 710. The average Bonchev–Trinajstić information content (AvgIpc) is 2.80. The van der Waals surface area contributed by atoms with Crippen LogP contribution in [0.25, 0.3) is 11.5 Å². The Labute approximate surface area is 123 Å². The Balaban J connectivity index is 2.52. The molecule has 0 atom stereocenters. The molecule has 0 N–H and O–H groups in total. The third kappa shape index (κ3) is 3.41. The first-order valence-corrected chi connectivity index (χ1v) is 6.27. The van der Waals surface area contributed by atoms with Crippen molar-refractivity contribution >= 4 is 5.97 Å². The van der Waals surface area contributed by atoms with Gasteiger partial charge in [0.25, 0.3) is 5.82 Å². The van der Waals surface area contributed by atoms with E-state index in [0.29, 0.717) is 5.56 Å². The minimum absolute atomic E-state index is 0.105. The van der Waals surface area contributed by atoms with Gasteiger partial charge in [-0.05, 0) is 25.0 Å². The number of aryl methyl sites for hydroxylation is 2. The third-order valence-corrected chi connectivity index (χ3v) is 2.74. The van der Waals surface area contributed by atoms with Crippen LogP contribution in [0.2, 0.25) is 0 Å². The first-order chi connectivity index (χ1) is 10.2. The lowest BCUT2D eigenvalue weighted by Gasteiger charge is -2.07. The zero-order valence-electron chi connectivity index (χ0n) is 12.1. The molecule has 0 spiro atoms. The standard InChI is InChI=1S/C13H13F3N4O2/c1-7-4-8(2)10(17-5-7)11-18-12(13(14,15)16)19-20(11)6-22-9(3)21/h4-5H,6H2,1-3H3. The number of nitrogens with zero attached hydrogens (tertiary/aromatic N) is 4. The van der Waals surface area contributed by atoms with Crippen LogP contribution in [0.3, 0.4) is 0 Å². The van der Waals surface area contributed by atoms with Gasteiger partial charge in [-0.1, -0.05) is 6.07 Å². The first kappa shape index (κ1) is 15.9. The zero-order valence-corrected chi connectivity index (χ0v) is 12.1. The minimum Gasteiger partial charge on any atom is -0.442 e. The summed E-state index contributed by atoms with van der Waals surface area (Å²) in [5.41, 5.74) is 1.76. The molecule has 0 radical (unpaired) electrons. The van der Waals surface area contributed by atoms with E-state index in [-0.39, 0.29) is 11.5 Å². The van der Waals surface area contributed by atoms with Crippen LogP contribution >= 0.6 is 0 Å². The number of carbonyl (C=O) groups excluding carboxylic acids is 1. The summed E-state index contributed by atoms with van der Waals surface area (Å²) in [6.07, 6.45) is -3.19. The maximum Gasteiger partial charge on any atom is 0.453 e. The van der Waals surface area contributed by atoms with E-state index >= 15 is 0 Å². The van der Waals surface area contributed by atoms with Gasteiger partial charge in [0.2, 0.25) is 0 Å². The van der Waals surface area contributed by atoms with Gasteiger partial charge in [-0.2, -0.15) is 13.2 Å². The van der Waals surface area contributed by atoms with Gasteiger partial charge in [0.15, 0.2) is 12.6 Å². The van der Waals surface area contributed by atoms with Crippen LogP contribution in [0.5, 0.6) is 0 Å². The molecule has 22 heavy (non-hydrogen) atoms. The van der Waals surface area contributed by atoms with E-state index in [1.54, 1.807) is 13.0 Å². The maximum absolute atomic E-state index is 12.8. The minimum atomic E-state index is -4.70. The molecule has 0 aliphatic rings. The molecular formula is C13H13F3N4O2. The van der Waals surface area contributed by atoms with Crippen molar-refractivity contribution in [2.24, 2.45) is 0 Å².